The van der Waals surface area contributed by atoms with E-state index in [2.05, 4.69) is 9.98 Å². The average molecular weight is 111 g/mol. The van der Waals surface area contributed by atoms with Gasteiger partial charge in [-0.25, -0.2) is 4.99 Å². The van der Waals surface area contributed by atoms with E-state index in [4.69, 9.17) is 5.73 Å². The van der Waals surface area contributed by atoms with Crippen LogP contribution in [-0.2, 0) is 0 Å². The Hall–Kier alpha value is -0.700. The van der Waals surface area contributed by atoms with Crippen molar-refractivity contribution in [1.29, 1.82) is 0 Å². The van der Waals surface area contributed by atoms with Crippen molar-refractivity contribution in [3.8, 4) is 0 Å². The van der Waals surface area contributed by atoms with Gasteiger partial charge in [0, 0.05) is 5.71 Å². The first-order valence-corrected chi connectivity index (χ1v) is 2.60. The Morgan fingerprint density at radius 3 is 2.75 bits per heavy atom. The predicted molar refractivity (Wildman–Crippen MR) is 34.5 cm³/mol. The number of rotatable bonds is 1. The maximum Gasteiger partial charge on any atom is 0.137 e. The average Bonchev–Trinajstić information content (AvgIpc) is 2.14. The molecule has 0 radical (unpaired) electrons. The molecule has 1 heterocycles. The van der Waals surface area contributed by atoms with Gasteiger partial charge in [-0.2, -0.15) is 0 Å². The van der Waals surface area contributed by atoms with Crippen molar-refractivity contribution in [2.75, 3.05) is 13.1 Å². The lowest BCUT2D eigenvalue weighted by atomic mass is 10.4. The van der Waals surface area contributed by atoms with E-state index in [1.165, 1.54) is 0 Å². The molecule has 0 atom stereocenters. The summed E-state index contributed by atoms with van der Waals surface area (Å²) in [5.41, 5.74) is 6.32. The molecule has 2 N–H and O–H groups in total. The summed E-state index contributed by atoms with van der Waals surface area (Å²) in [6, 6.07) is 0. The normalized spacial score (nSPS) is 18.2. The molecule has 0 aromatic rings. The number of aliphatic imine (C=N–C) groups is 2. The van der Waals surface area contributed by atoms with Crippen LogP contribution in [0, 0.1) is 0 Å². The SMILES string of the molecule is CC1=NC(CN)=NC1. The Morgan fingerprint density at radius 1 is 1.75 bits per heavy atom. The van der Waals surface area contributed by atoms with Gasteiger partial charge in [0.25, 0.3) is 0 Å². The molecule has 44 valence electrons. The molecule has 8 heavy (non-hydrogen) atoms. The quantitative estimate of drug-likeness (QED) is 0.501. The first-order valence-electron chi connectivity index (χ1n) is 2.60. The van der Waals surface area contributed by atoms with Crippen molar-refractivity contribution in [3.63, 3.8) is 0 Å². The Balaban J connectivity index is 2.58. The zero-order valence-electron chi connectivity index (χ0n) is 4.89. The standard InChI is InChI=1S/C5H9N3/c1-4-3-7-5(2-6)8-4/h2-3,6H2,1H3. The van der Waals surface area contributed by atoms with Crippen LogP contribution in [0.15, 0.2) is 9.98 Å². The number of nitrogens with two attached hydrogens (primary N) is 1. The van der Waals surface area contributed by atoms with Crippen molar-refractivity contribution in [3.05, 3.63) is 0 Å². The van der Waals surface area contributed by atoms with Gasteiger partial charge in [0.15, 0.2) is 0 Å². The summed E-state index contributed by atoms with van der Waals surface area (Å²) < 4.78 is 0. The van der Waals surface area contributed by atoms with E-state index in [9.17, 15) is 0 Å². The highest BCUT2D eigenvalue weighted by Crippen LogP contribution is 1.92. The smallest absolute Gasteiger partial charge is 0.137 e. The molecule has 0 aliphatic carbocycles. The molecule has 0 saturated heterocycles. The lowest BCUT2D eigenvalue weighted by Gasteiger charge is -1.83. The Bertz CT molecular complexity index is 146. The van der Waals surface area contributed by atoms with E-state index in [1.54, 1.807) is 0 Å². The maximum absolute atomic E-state index is 5.26. The van der Waals surface area contributed by atoms with Crippen LogP contribution in [0.4, 0.5) is 0 Å². The van der Waals surface area contributed by atoms with Crippen LogP contribution >= 0.6 is 0 Å². The van der Waals surface area contributed by atoms with Crippen LogP contribution in [0.5, 0.6) is 0 Å². The minimum Gasteiger partial charge on any atom is -0.324 e. The maximum atomic E-state index is 5.26. The summed E-state index contributed by atoms with van der Waals surface area (Å²) in [5.74, 6) is 0.780. The van der Waals surface area contributed by atoms with Gasteiger partial charge in [-0.1, -0.05) is 0 Å². The van der Waals surface area contributed by atoms with Gasteiger partial charge in [-0.15, -0.1) is 0 Å². The number of amidine groups is 1. The van der Waals surface area contributed by atoms with Gasteiger partial charge in [0.1, 0.15) is 5.84 Å². The molecular formula is C5H9N3. The second-order valence-corrected chi connectivity index (χ2v) is 1.78. The van der Waals surface area contributed by atoms with Crippen molar-refractivity contribution in [2.45, 2.75) is 6.92 Å². The predicted octanol–water partition coefficient (Wildman–Crippen LogP) is -0.182. The Labute approximate surface area is 48.3 Å². The molecule has 1 aliphatic rings. The van der Waals surface area contributed by atoms with E-state index >= 15 is 0 Å². The summed E-state index contributed by atoms with van der Waals surface area (Å²) in [6.45, 7) is 3.16. The van der Waals surface area contributed by atoms with Gasteiger partial charge in [0.2, 0.25) is 0 Å². The molecule has 1 rings (SSSR count). The molecule has 0 fully saturated rings. The van der Waals surface area contributed by atoms with E-state index in [-0.39, 0.29) is 0 Å². The van der Waals surface area contributed by atoms with E-state index in [1.807, 2.05) is 6.92 Å². The lowest BCUT2D eigenvalue weighted by molar-refractivity contribution is 1.24. The molecule has 1 aliphatic heterocycles. The first-order chi connectivity index (χ1) is 3.83. The number of nitrogens with zero attached hydrogens (tertiary/aromatic N) is 2. The summed E-state index contributed by atoms with van der Waals surface area (Å²) in [5, 5.41) is 0. The number of hydrogen-bond donors (Lipinski definition) is 1. The van der Waals surface area contributed by atoms with Crippen molar-refractivity contribution in [1.82, 2.24) is 0 Å². The van der Waals surface area contributed by atoms with Gasteiger partial charge in [-0.3, -0.25) is 4.99 Å². The summed E-state index contributed by atoms with van der Waals surface area (Å²) in [7, 11) is 0. The van der Waals surface area contributed by atoms with Crippen LogP contribution in [0.1, 0.15) is 6.92 Å². The third kappa shape index (κ3) is 0.924. The molecule has 0 spiro atoms. The first kappa shape index (κ1) is 5.44. The summed E-state index contributed by atoms with van der Waals surface area (Å²) >= 11 is 0. The molecule has 0 aromatic carbocycles. The summed E-state index contributed by atoms with van der Waals surface area (Å²) in [4.78, 5) is 8.07. The lowest BCUT2D eigenvalue weighted by Crippen LogP contribution is -2.08. The third-order valence-electron chi connectivity index (χ3n) is 0.993. The second-order valence-electron chi connectivity index (χ2n) is 1.78. The van der Waals surface area contributed by atoms with Gasteiger partial charge in [-0.05, 0) is 6.92 Å². The zero-order valence-corrected chi connectivity index (χ0v) is 4.89. The topological polar surface area (TPSA) is 50.7 Å². The van der Waals surface area contributed by atoms with Crippen LogP contribution in [-0.4, -0.2) is 24.6 Å². The highest BCUT2D eigenvalue weighted by molar-refractivity contribution is 6.03. The monoisotopic (exact) mass is 111 g/mol. The van der Waals surface area contributed by atoms with E-state index < -0.39 is 0 Å². The Kier molecular flexibility index (Phi) is 1.39. The minimum atomic E-state index is 0.470. The van der Waals surface area contributed by atoms with Crippen LogP contribution in [0.2, 0.25) is 0 Å². The fraction of sp³-hybridized carbons (Fsp3) is 0.600. The largest absolute Gasteiger partial charge is 0.324 e. The zero-order chi connectivity index (χ0) is 5.98. The van der Waals surface area contributed by atoms with Gasteiger partial charge in [0.05, 0.1) is 13.1 Å². The molecule has 3 heteroatoms. The highest BCUT2D eigenvalue weighted by atomic mass is 15.0. The van der Waals surface area contributed by atoms with Crippen LogP contribution < -0.4 is 5.73 Å². The third-order valence-corrected chi connectivity index (χ3v) is 0.993. The van der Waals surface area contributed by atoms with Crippen molar-refractivity contribution >= 4 is 11.5 Å². The fourth-order valence-electron chi connectivity index (χ4n) is 0.607. The fourth-order valence-corrected chi connectivity index (χ4v) is 0.607. The van der Waals surface area contributed by atoms with Crippen LogP contribution in [0.25, 0.3) is 0 Å². The van der Waals surface area contributed by atoms with E-state index in [0.717, 1.165) is 18.1 Å². The molecule has 0 aromatic heterocycles. The molecule has 0 unspecified atom stereocenters. The molecule has 3 nitrogen and oxygen atoms in total. The number of hydrogen-bond acceptors (Lipinski definition) is 3. The molecule has 0 amide bonds. The molecule has 0 bridgehead atoms. The van der Waals surface area contributed by atoms with Crippen molar-refractivity contribution < 1.29 is 0 Å². The molecular weight excluding hydrogens is 102 g/mol. The van der Waals surface area contributed by atoms with Gasteiger partial charge >= 0.3 is 0 Å². The Morgan fingerprint density at radius 2 is 2.50 bits per heavy atom. The van der Waals surface area contributed by atoms with Crippen LogP contribution in [0.3, 0.4) is 0 Å². The van der Waals surface area contributed by atoms with Gasteiger partial charge < -0.3 is 5.73 Å². The van der Waals surface area contributed by atoms with E-state index in [0.29, 0.717) is 6.54 Å². The molecule has 0 saturated carbocycles. The summed E-state index contributed by atoms with van der Waals surface area (Å²) in [6.07, 6.45) is 0. The highest BCUT2D eigenvalue weighted by Gasteiger charge is 2.01. The second kappa shape index (κ2) is 2.05. The minimum absolute atomic E-state index is 0.470. The van der Waals surface area contributed by atoms with Crippen molar-refractivity contribution in [2.24, 2.45) is 15.7 Å².